The van der Waals surface area contributed by atoms with Crippen LogP contribution in [0.2, 0.25) is 0 Å². The molecule has 0 unspecified atom stereocenters. The standard InChI is InChI=1S/C14H19FN2O2S2/c1-14(2,20-3)10-17-21(18,19)12-7-6-11(5-4-8-16)13(15)9-12/h6-7,9,17H,8,10,16H2,1-3H3. The number of nitrogens with two attached hydrogens (primary N) is 1. The fourth-order valence-corrected chi connectivity index (χ4v) is 2.87. The summed E-state index contributed by atoms with van der Waals surface area (Å²) in [5.41, 5.74) is 5.34. The molecule has 0 aliphatic rings. The Bertz CT molecular complexity index is 661. The van der Waals surface area contributed by atoms with Crippen molar-refractivity contribution in [1.29, 1.82) is 0 Å². The van der Waals surface area contributed by atoms with Crippen molar-refractivity contribution in [3.8, 4) is 11.8 Å². The van der Waals surface area contributed by atoms with Crippen LogP contribution in [-0.2, 0) is 10.0 Å². The van der Waals surface area contributed by atoms with Gasteiger partial charge in [-0.2, -0.15) is 11.8 Å². The van der Waals surface area contributed by atoms with Crippen molar-refractivity contribution < 1.29 is 12.8 Å². The first-order valence-corrected chi connectivity index (χ1v) is 8.96. The van der Waals surface area contributed by atoms with Crippen LogP contribution in [0, 0.1) is 17.7 Å². The summed E-state index contributed by atoms with van der Waals surface area (Å²) < 4.78 is 40.3. The maximum atomic E-state index is 13.8. The Labute approximate surface area is 129 Å². The molecule has 0 saturated heterocycles. The highest BCUT2D eigenvalue weighted by Crippen LogP contribution is 2.21. The molecule has 0 aromatic heterocycles. The molecular weight excluding hydrogens is 311 g/mol. The molecule has 3 N–H and O–H groups in total. The van der Waals surface area contributed by atoms with E-state index in [4.69, 9.17) is 5.73 Å². The van der Waals surface area contributed by atoms with Crippen LogP contribution in [0.1, 0.15) is 19.4 Å². The van der Waals surface area contributed by atoms with E-state index in [2.05, 4.69) is 16.6 Å². The SMILES string of the molecule is CSC(C)(C)CNS(=O)(=O)c1ccc(C#CCN)c(F)c1. The topological polar surface area (TPSA) is 72.2 Å². The molecule has 0 aliphatic heterocycles. The van der Waals surface area contributed by atoms with E-state index in [0.717, 1.165) is 6.07 Å². The summed E-state index contributed by atoms with van der Waals surface area (Å²) >= 11 is 1.55. The molecule has 1 rings (SSSR count). The number of hydrogen-bond donors (Lipinski definition) is 2. The molecule has 0 saturated carbocycles. The molecule has 1 aromatic rings. The summed E-state index contributed by atoms with van der Waals surface area (Å²) in [4.78, 5) is -0.116. The molecule has 1 aromatic carbocycles. The van der Waals surface area contributed by atoms with Crippen LogP contribution in [0.4, 0.5) is 4.39 Å². The fourth-order valence-electron chi connectivity index (χ4n) is 1.33. The predicted molar refractivity (Wildman–Crippen MR) is 85.1 cm³/mol. The van der Waals surface area contributed by atoms with Gasteiger partial charge in [0.15, 0.2) is 0 Å². The van der Waals surface area contributed by atoms with Crippen molar-refractivity contribution >= 4 is 21.8 Å². The Hall–Kier alpha value is -1.07. The summed E-state index contributed by atoms with van der Waals surface area (Å²) in [6.45, 7) is 4.22. The quantitative estimate of drug-likeness (QED) is 0.804. The van der Waals surface area contributed by atoms with Gasteiger partial charge in [-0.15, -0.1) is 0 Å². The summed E-state index contributed by atoms with van der Waals surface area (Å²) in [6, 6.07) is 3.64. The van der Waals surface area contributed by atoms with Gasteiger partial charge in [0.05, 0.1) is 17.0 Å². The van der Waals surface area contributed by atoms with Crippen molar-refractivity contribution in [3.63, 3.8) is 0 Å². The van der Waals surface area contributed by atoms with E-state index in [0.29, 0.717) is 0 Å². The van der Waals surface area contributed by atoms with Crippen LogP contribution < -0.4 is 10.5 Å². The molecule has 0 aliphatic carbocycles. The van der Waals surface area contributed by atoms with Crippen molar-refractivity contribution in [2.24, 2.45) is 5.73 Å². The summed E-state index contributed by atoms with van der Waals surface area (Å²) in [5, 5.41) is 0. The Kier molecular flexibility index (Phi) is 6.23. The van der Waals surface area contributed by atoms with Gasteiger partial charge >= 0.3 is 0 Å². The third-order valence-corrected chi connectivity index (χ3v) is 5.46. The summed E-state index contributed by atoms with van der Waals surface area (Å²) in [6.07, 6.45) is 1.90. The fraction of sp³-hybridized carbons (Fsp3) is 0.429. The number of hydrogen-bond acceptors (Lipinski definition) is 4. The van der Waals surface area contributed by atoms with Gasteiger partial charge in [0.1, 0.15) is 5.82 Å². The second-order valence-corrected chi connectivity index (χ2v) is 8.22. The number of halogens is 1. The molecule has 116 valence electrons. The largest absolute Gasteiger partial charge is 0.320 e. The molecular formula is C14H19FN2O2S2. The zero-order valence-corrected chi connectivity index (χ0v) is 13.9. The Morgan fingerprint density at radius 3 is 2.62 bits per heavy atom. The monoisotopic (exact) mass is 330 g/mol. The Balaban J connectivity index is 2.97. The van der Waals surface area contributed by atoms with Gasteiger partial charge in [0.2, 0.25) is 10.0 Å². The third-order valence-electron chi connectivity index (χ3n) is 2.82. The lowest BCUT2D eigenvalue weighted by Crippen LogP contribution is -2.36. The number of sulfonamides is 1. The average molecular weight is 330 g/mol. The lowest BCUT2D eigenvalue weighted by molar-refractivity contribution is 0.567. The van der Waals surface area contributed by atoms with E-state index in [1.54, 1.807) is 11.8 Å². The lowest BCUT2D eigenvalue weighted by Gasteiger charge is -2.22. The highest BCUT2D eigenvalue weighted by Gasteiger charge is 2.22. The molecule has 0 bridgehead atoms. The van der Waals surface area contributed by atoms with Crippen molar-refractivity contribution in [1.82, 2.24) is 4.72 Å². The van der Waals surface area contributed by atoms with Gasteiger partial charge in [0, 0.05) is 11.3 Å². The van der Waals surface area contributed by atoms with Crippen LogP contribution in [0.15, 0.2) is 23.1 Å². The van der Waals surface area contributed by atoms with Crippen molar-refractivity contribution in [2.75, 3.05) is 19.3 Å². The first-order chi connectivity index (χ1) is 9.72. The van der Waals surface area contributed by atoms with E-state index in [-0.39, 0.29) is 28.3 Å². The van der Waals surface area contributed by atoms with E-state index in [9.17, 15) is 12.8 Å². The number of rotatable bonds is 5. The van der Waals surface area contributed by atoms with Crippen molar-refractivity contribution in [2.45, 2.75) is 23.5 Å². The summed E-state index contributed by atoms with van der Waals surface area (Å²) in [7, 11) is -3.74. The maximum absolute atomic E-state index is 13.8. The van der Waals surface area contributed by atoms with Gasteiger partial charge < -0.3 is 5.73 Å². The molecule has 0 atom stereocenters. The van der Waals surface area contributed by atoms with Crippen LogP contribution >= 0.6 is 11.8 Å². The van der Waals surface area contributed by atoms with E-state index in [1.165, 1.54) is 12.1 Å². The van der Waals surface area contributed by atoms with E-state index < -0.39 is 15.8 Å². The zero-order chi connectivity index (χ0) is 16.1. The molecule has 0 fully saturated rings. The van der Waals surface area contributed by atoms with Crippen LogP contribution in [-0.4, -0.2) is 32.5 Å². The first-order valence-electron chi connectivity index (χ1n) is 6.25. The molecule has 4 nitrogen and oxygen atoms in total. The zero-order valence-electron chi connectivity index (χ0n) is 12.2. The molecule has 0 heterocycles. The highest BCUT2D eigenvalue weighted by molar-refractivity contribution is 8.00. The third kappa shape index (κ3) is 5.32. The second kappa shape index (κ2) is 7.27. The van der Waals surface area contributed by atoms with Crippen LogP contribution in [0.25, 0.3) is 0 Å². The molecule has 0 radical (unpaired) electrons. The predicted octanol–water partition coefficient (Wildman–Crippen LogP) is 1.56. The van der Waals surface area contributed by atoms with E-state index in [1.807, 2.05) is 20.1 Å². The lowest BCUT2D eigenvalue weighted by atomic mass is 10.2. The minimum absolute atomic E-state index is 0.116. The normalized spacial score (nSPS) is 11.9. The highest BCUT2D eigenvalue weighted by atomic mass is 32.2. The Morgan fingerprint density at radius 2 is 2.10 bits per heavy atom. The van der Waals surface area contributed by atoms with E-state index >= 15 is 0 Å². The van der Waals surface area contributed by atoms with Gasteiger partial charge in [-0.05, 0) is 38.3 Å². The van der Waals surface area contributed by atoms with Gasteiger partial charge in [0.25, 0.3) is 0 Å². The minimum atomic E-state index is -3.74. The van der Waals surface area contributed by atoms with Gasteiger partial charge in [-0.3, -0.25) is 0 Å². The second-order valence-electron chi connectivity index (χ2n) is 4.94. The number of benzene rings is 1. The Morgan fingerprint density at radius 1 is 1.43 bits per heavy atom. The van der Waals surface area contributed by atoms with Crippen molar-refractivity contribution in [3.05, 3.63) is 29.6 Å². The molecule has 0 amide bonds. The average Bonchev–Trinajstić information content (AvgIpc) is 2.44. The number of nitrogens with one attached hydrogen (secondary N) is 1. The van der Waals surface area contributed by atoms with Crippen LogP contribution in [0.5, 0.6) is 0 Å². The maximum Gasteiger partial charge on any atom is 0.240 e. The van der Waals surface area contributed by atoms with Crippen LogP contribution in [0.3, 0.4) is 0 Å². The molecule has 7 heteroatoms. The smallest absolute Gasteiger partial charge is 0.240 e. The van der Waals surface area contributed by atoms with Gasteiger partial charge in [-0.1, -0.05) is 11.8 Å². The number of thioether (sulfide) groups is 1. The summed E-state index contributed by atoms with van der Waals surface area (Å²) in [5.74, 6) is 4.40. The minimum Gasteiger partial charge on any atom is -0.320 e. The molecule has 0 spiro atoms. The first kappa shape index (κ1) is 18.0. The molecule has 21 heavy (non-hydrogen) atoms. The van der Waals surface area contributed by atoms with Gasteiger partial charge in [-0.25, -0.2) is 17.5 Å².